The van der Waals surface area contributed by atoms with Crippen LogP contribution in [0.25, 0.3) is 5.70 Å². The minimum absolute atomic E-state index is 0.0418. The molecule has 1 aromatic heterocycles. The molecule has 0 aliphatic heterocycles. The lowest BCUT2D eigenvalue weighted by molar-refractivity contribution is -0.115. The molecular formula is C25H34N4O. The molecule has 0 bridgehead atoms. The molecule has 3 rings (SSSR count). The molecule has 1 amide bonds. The van der Waals surface area contributed by atoms with Gasteiger partial charge in [0.2, 0.25) is 5.91 Å². The van der Waals surface area contributed by atoms with Gasteiger partial charge in [0, 0.05) is 24.5 Å². The molecule has 1 aromatic carbocycles. The lowest BCUT2D eigenvalue weighted by atomic mass is 9.86. The van der Waals surface area contributed by atoms with Crippen molar-refractivity contribution in [3.8, 4) is 0 Å². The van der Waals surface area contributed by atoms with Gasteiger partial charge in [-0.1, -0.05) is 29.8 Å². The lowest BCUT2D eigenvalue weighted by Crippen LogP contribution is -2.39. The molecule has 5 heteroatoms. The van der Waals surface area contributed by atoms with Crippen LogP contribution in [0.4, 0.5) is 5.82 Å². The topological polar surface area (TPSA) is 66.0 Å². The normalized spacial score (nSPS) is 18.6. The predicted molar refractivity (Wildman–Crippen MR) is 124 cm³/mol. The van der Waals surface area contributed by atoms with Crippen LogP contribution >= 0.6 is 0 Å². The van der Waals surface area contributed by atoms with Gasteiger partial charge in [-0.05, 0) is 81.7 Å². The van der Waals surface area contributed by atoms with Gasteiger partial charge in [0.1, 0.15) is 5.82 Å². The molecule has 1 aliphatic carbocycles. The summed E-state index contributed by atoms with van der Waals surface area (Å²) in [6.07, 6.45) is 6.27. The van der Waals surface area contributed by atoms with E-state index in [1.807, 2.05) is 19.1 Å². The third-order valence-corrected chi connectivity index (χ3v) is 5.75. The van der Waals surface area contributed by atoms with Crippen molar-refractivity contribution in [3.63, 3.8) is 0 Å². The van der Waals surface area contributed by atoms with Gasteiger partial charge >= 0.3 is 0 Å². The zero-order valence-electron chi connectivity index (χ0n) is 18.4. The number of hydrogen-bond acceptors (Lipinski definition) is 4. The zero-order chi connectivity index (χ0) is 21.5. The van der Waals surface area contributed by atoms with Crippen LogP contribution in [-0.2, 0) is 4.79 Å². The van der Waals surface area contributed by atoms with Crippen molar-refractivity contribution in [3.05, 3.63) is 65.4 Å². The number of pyridine rings is 1. The third kappa shape index (κ3) is 6.70. The maximum Gasteiger partial charge on any atom is 0.239 e. The number of nitrogens with zero attached hydrogens (tertiary/aromatic N) is 1. The van der Waals surface area contributed by atoms with Gasteiger partial charge in [-0.3, -0.25) is 4.79 Å². The molecule has 1 saturated carbocycles. The molecule has 5 nitrogen and oxygen atoms in total. The quantitative estimate of drug-likeness (QED) is 0.610. The summed E-state index contributed by atoms with van der Waals surface area (Å²) < 4.78 is 0. The molecule has 3 N–H and O–H groups in total. The Kier molecular flexibility index (Phi) is 7.63. The number of nitrogens with one attached hydrogen (secondary N) is 3. The van der Waals surface area contributed by atoms with Gasteiger partial charge in [-0.15, -0.1) is 0 Å². The Morgan fingerprint density at radius 2 is 1.73 bits per heavy atom. The van der Waals surface area contributed by atoms with Crippen molar-refractivity contribution in [2.45, 2.75) is 52.5 Å². The second kappa shape index (κ2) is 10.4. The average Bonchev–Trinajstić information content (AvgIpc) is 2.72. The Labute approximate surface area is 180 Å². The predicted octanol–water partition coefficient (Wildman–Crippen LogP) is 4.35. The van der Waals surface area contributed by atoms with Crippen molar-refractivity contribution in [1.29, 1.82) is 0 Å². The van der Waals surface area contributed by atoms with Crippen LogP contribution in [0.2, 0.25) is 0 Å². The number of anilines is 1. The summed E-state index contributed by atoms with van der Waals surface area (Å²) in [5.41, 5.74) is 5.79. The number of hydrogen-bond donors (Lipinski definition) is 3. The summed E-state index contributed by atoms with van der Waals surface area (Å²) in [5.74, 6) is 1.21. The number of carbonyl (C=O) groups excluding carboxylic acids is 1. The zero-order valence-corrected chi connectivity index (χ0v) is 18.4. The molecule has 1 aliphatic rings. The number of amides is 1. The van der Waals surface area contributed by atoms with E-state index >= 15 is 0 Å². The van der Waals surface area contributed by atoms with Crippen LogP contribution < -0.4 is 16.0 Å². The number of carbonyl (C=O) groups is 1. The molecule has 0 radical (unpaired) electrons. The summed E-state index contributed by atoms with van der Waals surface area (Å²) >= 11 is 0. The fourth-order valence-electron chi connectivity index (χ4n) is 4.06. The number of benzene rings is 1. The maximum atomic E-state index is 12.1. The first kappa shape index (κ1) is 22.0. The number of aromatic nitrogens is 1. The largest absolute Gasteiger partial charge is 0.385 e. The summed E-state index contributed by atoms with van der Waals surface area (Å²) in [6.45, 7) is 11.7. The minimum Gasteiger partial charge on any atom is -0.385 e. The average molecular weight is 407 g/mol. The molecule has 0 atom stereocenters. The van der Waals surface area contributed by atoms with Gasteiger partial charge in [-0.25, -0.2) is 4.98 Å². The highest BCUT2D eigenvalue weighted by Gasteiger charge is 2.21. The smallest absolute Gasteiger partial charge is 0.239 e. The number of rotatable bonds is 8. The monoisotopic (exact) mass is 406 g/mol. The Balaban J connectivity index is 1.35. The Morgan fingerprint density at radius 1 is 1.03 bits per heavy atom. The van der Waals surface area contributed by atoms with Gasteiger partial charge < -0.3 is 16.0 Å². The highest BCUT2D eigenvalue weighted by atomic mass is 16.2. The lowest BCUT2D eigenvalue weighted by Gasteiger charge is -2.29. The second-order valence-corrected chi connectivity index (χ2v) is 8.60. The Morgan fingerprint density at radius 3 is 2.37 bits per heavy atom. The fraction of sp³-hybridized carbons (Fsp3) is 0.440. The minimum atomic E-state index is -0.0418. The molecule has 0 saturated heterocycles. The van der Waals surface area contributed by atoms with E-state index in [0.29, 0.717) is 24.3 Å². The number of aryl methyl sites for hydroxylation is 3. The van der Waals surface area contributed by atoms with Gasteiger partial charge in [0.15, 0.2) is 0 Å². The second-order valence-electron chi connectivity index (χ2n) is 8.60. The SMILES string of the molecule is C=C(NC[C@H]1CC[C@@H](NCC(=O)Nc2ccc(C)cn2)CC1)c1cc(C)cc(C)c1. The molecule has 0 unspecified atom stereocenters. The first-order valence-corrected chi connectivity index (χ1v) is 10.9. The third-order valence-electron chi connectivity index (χ3n) is 5.75. The summed E-state index contributed by atoms with van der Waals surface area (Å²) in [7, 11) is 0. The van der Waals surface area contributed by atoms with Gasteiger partial charge in [-0.2, -0.15) is 0 Å². The van der Waals surface area contributed by atoms with Crippen LogP contribution in [-0.4, -0.2) is 30.0 Å². The highest BCUT2D eigenvalue weighted by molar-refractivity contribution is 5.91. The van der Waals surface area contributed by atoms with Crippen molar-refractivity contribution >= 4 is 17.4 Å². The fourth-order valence-corrected chi connectivity index (χ4v) is 4.06. The van der Waals surface area contributed by atoms with E-state index in [2.05, 4.69) is 59.6 Å². The van der Waals surface area contributed by atoms with Crippen LogP contribution in [0, 0.1) is 26.7 Å². The molecule has 1 heterocycles. The van der Waals surface area contributed by atoms with Gasteiger partial charge in [0.05, 0.1) is 6.54 Å². The first-order chi connectivity index (χ1) is 14.4. The summed E-state index contributed by atoms with van der Waals surface area (Å²) in [4.78, 5) is 16.3. The molecular weight excluding hydrogens is 372 g/mol. The van der Waals surface area contributed by atoms with Crippen molar-refractivity contribution in [1.82, 2.24) is 15.6 Å². The highest BCUT2D eigenvalue weighted by Crippen LogP contribution is 2.24. The van der Waals surface area contributed by atoms with E-state index in [1.165, 1.54) is 16.7 Å². The standard InChI is InChI=1S/C25H34N4O/c1-17-5-10-24(28-14-17)29-25(30)16-27-23-8-6-21(7-9-23)15-26-20(4)22-12-18(2)11-19(3)13-22/h5,10-14,21,23,26-27H,4,6-9,15-16H2,1-3H3,(H,28,29,30)/t21-,23+. The summed E-state index contributed by atoms with van der Waals surface area (Å²) in [5, 5.41) is 9.77. The van der Waals surface area contributed by atoms with Crippen LogP contribution in [0.15, 0.2) is 43.1 Å². The molecule has 30 heavy (non-hydrogen) atoms. The Bertz CT molecular complexity index is 847. The molecule has 0 spiro atoms. The van der Waals surface area contributed by atoms with E-state index in [9.17, 15) is 4.79 Å². The van der Waals surface area contributed by atoms with E-state index in [1.54, 1.807) is 6.20 Å². The van der Waals surface area contributed by atoms with E-state index < -0.39 is 0 Å². The van der Waals surface area contributed by atoms with E-state index in [4.69, 9.17) is 0 Å². The van der Waals surface area contributed by atoms with Crippen LogP contribution in [0.1, 0.15) is 47.9 Å². The van der Waals surface area contributed by atoms with Crippen molar-refractivity contribution in [2.75, 3.05) is 18.4 Å². The maximum absolute atomic E-state index is 12.1. The van der Waals surface area contributed by atoms with Crippen molar-refractivity contribution in [2.24, 2.45) is 5.92 Å². The van der Waals surface area contributed by atoms with Crippen LogP contribution in [0.5, 0.6) is 0 Å². The van der Waals surface area contributed by atoms with Crippen LogP contribution in [0.3, 0.4) is 0 Å². The van der Waals surface area contributed by atoms with E-state index in [-0.39, 0.29) is 5.91 Å². The first-order valence-electron chi connectivity index (χ1n) is 10.9. The summed E-state index contributed by atoms with van der Waals surface area (Å²) in [6, 6.07) is 10.7. The van der Waals surface area contributed by atoms with Crippen molar-refractivity contribution < 1.29 is 4.79 Å². The molecule has 1 fully saturated rings. The molecule has 160 valence electrons. The molecule has 2 aromatic rings. The van der Waals surface area contributed by atoms with Gasteiger partial charge in [0.25, 0.3) is 0 Å². The van der Waals surface area contributed by atoms with E-state index in [0.717, 1.165) is 43.5 Å². The Hall–Kier alpha value is -2.66.